The predicted octanol–water partition coefficient (Wildman–Crippen LogP) is 3.76. The van der Waals surface area contributed by atoms with E-state index in [1.165, 1.54) is 17.4 Å². The van der Waals surface area contributed by atoms with Crippen LogP contribution in [0.5, 0.6) is 0 Å². The molecule has 1 nitrogen and oxygen atoms in total. The summed E-state index contributed by atoms with van der Waals surface area (Å²) in [4.78, 5) is 0. The summed E-state index contributed by atoms with van der Waals surface area (Å²) in [7, 11) is 0. The van der Waals surface area contributed by atoms with Crippen molar-refractivity contribution in [1.29, 1.82) is 5.26 Å². The van der Waals surface area contributed by atoms with E-state index in [2.05, 4.69) is 0 Å². The Bertz CT molecular complexity index is 527. The number of nitrogens with zero attached hydrogens (tertiary/aromatic N) is 1. The van der Waals surface area contributed by atoms with E-state index in [9.17, 15) is 4.39 Å². The number of hydrogen-bond donors (Lipinski definition) is 0. The summed E-state index contributed by atoms with van der Waals surface area (Å²) in [5.41, 5.74) is 0.715. The Labute approximate surface area is 89.3 Å². The molecule has 0 saturated carbocycles. The van der Waals surface area contributed by atoms with Crippen LogP contribution in [0.15, 0.2) is 17.5 Å². The predicted molar refractivity (Wildman–Crippen MR) is 56.1 cm³/mol. The smallest absolute Gasteiger partial charge is 0.142 e. The van der Waals surface area contributed by atoms with Gasteiger partial charge in [-0.1, -0.05) is 11.6 Å². The number of nitriles is 1. The standard InChI is InChI=1S/C10H5ClFNS/c11-8-5-9(12)10-7(2-4-14-10)6(8)1-3-13/h2,4-5H,1H2. The third kappa shape index (κ3) is 1.37. The van der Waals surface area contributed by atoms with Crippen molar-refractivity contribution in [2.75, 3.05) is 0 Å². The highest BCUT2D eigenvalue weighted by molar-refractivity contribution is 7.17. The minimum absolute atomic E-state index is 0.215. The van der Waals surface area contributed by atoms with E-state index in [0.29, 0.717) is 15.3 Å². The Hall–Kier alpha value is -1.11. The number of hydrogen-bond acceptors (Lipinski definition) is 2. The van der Waals surface area contributed by atoms with Crippen LogP contribution < -0.4 is 0 Å². The van der Waals surface area contributed by atoms with Gasteiger partial charge in [-0.15, -0.1) is 11.3 Å². The number of benzene rings is 1. The molecule has 0 radical (unpaired) electrons. The Morgan fingerprint density at radius 1 is 1.57 bits per heavy atom. The molecule has 0 saturated heterocycles. The summed E-state index contributed by atoms with van der Waals surface area (Å²) in [6, 6.07) is 5.09. The van der Waals surface area contributed by atoms with Gasteiger partial charge in [0.25, 0.3) is 0 Å². The lowest BCUT2D eigenvalue weighted by molar-refractivity contribution is 0.641. The van der Waals surface area contributed by atoms with Crippen LogP contribution in [0.3, 0.4) is 0 Å². The Balaban J connectivity index is 2.81. The molecule has 2 rings (SSSR count). The molecule has 0 aliphatic rings. The molecular formula is C10H5ClFNS. The average molecular weight is 226 g/mol. The second kappa shape index (κ2) is 3.56. The van der Waals surface area contributed by atoms with Crippen molar-refractivity contribution in [1.82, 2.24) is 0 Å². The number of halogens is 2. The maximum Gasteiger partial charge on any atom is 0.142 e. The molecular weight excluding hydrogens is 221 g/mol. The minimum Gasteiger partial charge on any atom is -0.205 e. The molecule has 1 heterocycles. The number of rotatable bonds is 1. The summed E-state index contributed by atoms with van der Waals surface area (Å²) >= 11 is 7.18. The summed E-state index contributed by atoms with van der Waals surface area (Å²) in [5, 5.41) is 11.5. The normalized spacial score (nSPS) is 10.4. The first-order chi connectivity index (χ1) is 6.74. The molecule has 0 bridgehead atoms. The van der Waals surface area contributed by atoms with Crippen LogP contribution in [0.4, 0.5) is 4.39 Å². The lowest BCUT2D eigenvalue weighted by Crippen LogP contribution is -1.87. The highest BCUT2D eigenvalue weighted by Gasteiger charge is 2.11. The van der Waals surface area contributed by atoms with Crippen molar-refractivity contribution in [2.45, 2.75) is 6.42 Å². The van der Waals surface area contributed by atoms with Crippen molar-refractivity contribution in [3.8, 4) is 6.07 Å². The maximum absolute atomic E-state index is 13.3. The summed E-state index contributed by atoms with van der Waals surface area (Å²) in [5.74, 6) is -0.318. The lowest BCUT2D eigenvalue weighted by atomic mass is 10.1. The monoisotopic (exact) mass is 225 g/mol. The molecule has 0 aliphatic carbocycles. The van der Waals surface area contributed by atoms with Crippen molar-refractivity contribution in [3.05, 3.63) is 33.9 Å². The van der Waals surface area contributed by atoms with Crippen molar-refractivity contribution in [2.24, 2.45) is 0 Å². The zero-order valence-corrected chi connectivity index (χ0v) is 8.62. The van der Waals surface area contributed by atoms with Gasteiger partial charge in [-0.25, -0.2) is 4.39 Å². The van der Waals surface area contributed by atoms with Crippen molar-refractivity contribution in [3.63, 3.8) is 0 Å². The summed E-state index contributed by atoms with van der Waals surface area (Å²) in [6.07, 6.45) is 0.215. The largest absolute Gasteiger partial charge is 0.205 e. The van der Waals surface area contributed by atoms with E-state index in [4.69, 9.17) is 16.9 Å². The molecule has 0 spiro atoms. The Kier molecular flexibility index (Phi) is 2.40. The van der Waals surface area contributed by atoms with Crippen LogP contribution in [-0.4, -0.2) is 0 Å². The van der Waals surface area contributed by atoms with E-state index >= 15 is 0 Å². The highest BCUT2D eigenvalue weighted by Crippen LogP contribution is 2.32. The van der Waals surface area contributed by atoms with Crippen LogP contribution in [-0.2, 0) is 6.42 Å². The topological polar surface area (TPSA) is 23.8 Å². The van der Waals surface area contributed by atoms with Gasteiger partial charge >= 0.3 is 0 Å². The SMILES string of the molecule is N#CCc1c(Cl)cc(F)c2sccc12. The average Bonchev–Trinajstić information content (AvgIpc) is 2.60. The number of thiophene rings is 1. The zero-order valence-electron chi connectivity index (χ0n) is 7.05. The van der Waals surface area contributed by atoms with Crippen LogP contribution >= 0.6 is 22.9 Å². The van der Waals surface area contributed by atoms with Gasteiger partial charge in [0.1, 0.15) is 5.82 Å². The van der Waals surface area contributed by atoms with E-state index < -0.39 is 0 Å². The van der Waals surface area contributed by atoms with Gasteiger partial charge in [0.2, 0.25) is 0 Å². The van der Waals surface area contributed by atoms with Gasteiger partial charge in [-0.3, -0.25) is 0 Å². The highest BCUT2D eigenvalue weighted by atomic mass is 35.5. The van der Waals surface area contributed by atoms with Crippen LogP contribution in [0.25, 0.3) is 10.1 Å². The fraction of sp³-hybridized carbons (Fsp3) is 0.100. The zero-order chi connectivity index (χ0) is 10.1. The molecule has 0 N–H and O–H groups in total. The van der Waals surface area contributed by atoms with Gasteiger partial charge < -0.3 is 0 Å². The first-order valence-electron chi connectivity index (χ1n) is 3.95. The van der Waals surface area contributed by atoms with Gasteiger partial charge in [-0.05, 0) is 23.1 Å². The third-order valence-corrected chi connectivity index (χ3v) is 3.26. The molecule has 70 valence electrons. The van der Waals surface area contributed by atoms with E-state index in [-0.39, 0.29) is 12.2 Å². The molecule has 0 aliphatic heterocycles. The first kappa shape index (κ1) is 9.45. The molecule has 14 heavy (non-hydrogen) atoms. The summed E-state index contributed by atoms with van der Waals surface area (Å²) < 4.78 is 13.9. The van der Waals surface area contributed by atoms with Gasteiger partial charge in [0.05, 0.1) is 17.2 Å². The quantitative estimate of drug-likeness (QED) is 0.725. The second-order valence-corrected chi connectivity index (χ2v) is 4.14. The fourth-order valence-corrected chi connectivity index (χ4v) is 2.48. The molecule has 2 aromatic rings. The van der Waals surface area contributed by atoms with Crippen molar-refractivity contribution < 1.29 is 4.39 Å². The molecule has 0 atom stereocenters. The van der Waals surface area contributed by atoms with Crippen LogP contribution in [0.2, 0.25) is 5.02 Å². The molecule has 1 aromatic heterocycles. The van der Waals surface area contributed by atoms with Gasteiger partial charge in [0.15, 0.2) is 0 Å². The second-order valence-electron chi connectivity index (χ2n) is 2.82. The van der Waals surface area contributed by atoms with Crippen LogP contribution in [0, 0.1) is 17.1 Å². The maximum atomic E-state index is 13.3. The first-order valence-corrected chi connectivity index (χ1v) is 5.21. The molecule has 0 unspecified atom stereocenters. The molecule has 0 amide bonds. The molecule has 1 aromatic carbocycles. The molecule has 0 fully saturated rings. The van der Waals surface area contributed by atoms with Gasteiger partial charge in [0, 0.05) is 10.4 Å². The fourth-order valence-electron chi connectivity index (χ4n) is 1.38. The lowest BCUT2D eigenvalue weighted by Gasteiger charge is -2.02. The van der Waals surface area contributed by atoms with Crippen LogP contribution in [0.1, 0.15) is 5.56 Å². The minimum atomic E-state index is -0.318. The van der Waals surface area contributed by atoms with E-state index in [1.807, 2.05) is 6.07 Å². The Morgan fingerprint density at radius 3 is 3.07 bits per heavy atom. The van der Waals surface area contributed by atoms with Crippen molar-refractivity contribution >= 4 is 33.0 Å². The summed E-state index contributed by atoms with van der Waals surface area (Å²) in [6.45, 7) is 0. The van der Waals surface area contributed by atoms with Gasteiger partial charge in [-0.2, -0.15) is 5.26 Å². The molecule has 4 heteroatoms. The number of fused-ring (bicyclic) bond motifs is 1. The van der Waals surface area contributed by atoms with E-state index in [0.717, 1.165) is 5.39 Å². The van der Waals surface area contributed by atoms with E-state index in [1.54, 1.807) is 11.4 Å². The Morgan fingerprint density at radius 2 is 2.36 bits per heavy atom. The third-order valence-electron chi connectivity index (χ3n) is 2.00.